The van der Waals surface area contributed by atoms with Gasteiger partial charge in [-0.3, -0.25) is 0 Å². The average molecular weight is 414 g/mol. The van der Waals surface area contributed by atoms with Gasteiger partial charge in [-0.15, -0.1) is 0 Å². The van der Waals surface area contributed by atoms with Crippen LogP contribution in [0.25, 0.3) is 0 Å². The van der Waals surface area contributed by atoms with Crippen molar-refractivity contribution in [3.8, 4) is 0 Å². The van der Waals surface area contributed by atoms with Crippen LogP contribution in [0, 0.1) is 46.3 Å². The molecular weight excluding hydrogens is 362 g/mol. The third-order valence-electron chi connectivity index (χ3n) is 11.0. The lowest BCUT2D eigenvalue weighted by Crippen LogP contribution is -2.51. The lowest BCUT2D eigenvalue weighted by Gasteiger charge is -2.59. The van der Waals surface area contributed by atoms with Crippen molar-refractivity contribution in [1.82, 2.24) is 4.90 Å². The van der Waals surface area contributed by atoms with E-state index in [0.29, 0.717) is 10.8 Å². The van der Waals surface area contributed by atoms with E-state index in [2.05, 4.69) is 59.7 Å². The predicted octanol–water partition coefficient (Wildman–Crippen LogP) is 7.96. The zero-order chi connectivity index (χ0) is 21.7. The van der Waals surface area contributed by atoms with E-state index in [1.54, 1.807) is 0 Å². The van der Waals surface area contributed by atoms with Gasteiger partial charge in [-0.05, 0) is 112 Å². The molecule has 0 amide bonds. The van der Waals surface area contributed by atoms with Crippen LogP contribution < -0.4 is 0 Å². The van der Waals surface area contributed by atoms with Crippen molar-refractivity contribution in [3.63, 3.8) is 0 Å². The number of hydrogen-bond acceptors (Lipinski definition) is 1. The molecule has 0 heterocycles. The van der Waals surface area contributed by atoms with Gasteiger partial charge in [0.1, 0.15) is 0 Å². The fourth-order valence-electron chi connectivity index (χ4n) is 9.11. The molecule has 0 N–H and O–H groups in total. The van der Waals surface area contributed by atoms with Crippen molar-refractivity contribution in [2.45, 2.75) is 111 Å². The van der Waals surface area contributed by atoms with Crippen LogP contribution in [0.1, 0.15) is 105 Å². The molecule has 1 nitrogen and oxygen atoms in total. The van der Waals surface area contributed by atoms with Crippen LogP contribution in [0.3, 0.4) is 0 Å². The van der Waals surface area contributed by atoms with Crippen molar-refractivity contribution in [1.29, 1.82) is 0 Å². The molecule has 0 aliphatic heterocycles. The summed E-state index contributed by atoms with van der Waals surface area (Å²) in [5.41, 5.74) is 2.98. The Kier molecular flexibility index (Phi) is 6.53. The van der Waals surface area contributed by atoms with Gasteiger partial charge in [0, 0.05) is 6.04 Å². The van der Waals surface area contributed by atoms with Crippen molar-refractivity contribution in [2.24, 2.45) is 46.3 Å². The fourth-order valence-corrected chi connectivity index (χ4v) is 9.11. The van der Waals surface area contributed by atoms with Gasteiger partial charge in [0.25, 0.3) is 0 Å². The van der Waals surface area contributed by atoms with Crippen molar-refractivity contribution in [2.75, 3.05) is 14.1 Å². The molecule has 4 aliphatic carbocycles. The summed E-state index contributed by atoms with van der Waals surface area (Å²) in [5.74, 6) is 5.71. The Bertz CT molecular complexity index is 632. The quantitative estimate of drug-likeness (QED) is 0.399. The molecule has 8 atom stereocenters. The first kappa shape index (κ1) is 22.9. The van der Waals surface area contributed by atoms with Gasteiger partial charge in [-0.25, -0.2) is 0 Å². The molecule has 0 bridgehead atoms. The maximum Gasteiger partial charge on any atom is 0.0127 e. The summed E-state index contributed by atoms with van der Waals surface area (Å²) in [7, 11) is 4.57. The third-order valence-corrected chi connectivity index (χ3v) is 11.0. The van der Waals surface area contributed by atoms with Crippen LogP contribution in [0.4, 0.5) is 0 Å². The van der Waals surface area contributed by atoms with Crippen LogP contribution in [0.2, 0.25) is 0 Å². The minimum Gasteiger partial charge on any atom is -0.306 e. The standard InChI is InChI=1S/C29H51N/c1-20(2)9-8-10-21(3)25-13-14-26-24-12-11-22-19-23(30(6)7)15-17-28(22,4)27(24)16-18-29(25,26)5/h11,20-21,23-27H,8-10,12-19H2,1-7H3/t21-,23-,24-,25+,26-,27-,28-,29+/m0/s1. The highest BCUT2D eigenvalue weighted by Crippen LogP contribution is 2.67. The second-order valence-electron chi connectivity index (χ2n) is 13.1. The molecular formula is C29H51N. The Morgan fingerprint density at radius 2 is 1.73 bits per heavy atom. The van der Waals surface area contributed by atoms with Gasteiger partial charge < -0.3 is 4.90 Å². The molecule has 0 aromatic rings. The fraction of sp³-hybridized carbons (Fsp3) is 0.931. The number of hydrogen-bond donors (Lipinski definition) is 0. The van der Waals surface area contributed by atoms with Crippen molar-refractivity contribution in [3.05, 3.63) is 11.6 Å². The summed E-state index contributed by atoms with van der Waals surface area (Å²) in [6.45, 7) is 12.8. The van der Waals surface area contributed by atoms with Crippen LogP contribution in [-0.2, 0) is 0 Å². The lowest BCUT2D eigenvalue weighted by atomic mass is 9.47. The Morgan fingerprint density at radius 1 is 0.967 bits per heavy atom. The summed E-state index contributed by atoms with van der Waals surface area (Å²) < 4.78 is 0. The zero-order valence-corrected chi connectivity index (χ0v) is 21.3. The van der Waals surface area contributed by atoms with Gasteiger partial charge >= 0.3 is 0 Å². The molecule has 0 aromatic heterocycles. The summed E-state index contributed by atoms with van der Waals surface area (Å²) in [6.07, 6.45) is 18.7. The number of fused-ring (bicyclic) bond motifs is 5. The monoisotopic (exact) mass is 413 g/mol. The molecule has 4 rings (SSSR count). The molecule has 3 saturated carbocycles. The van der Waals surface area contributed by atoms with Crippen LogP contribution in [0.5, 0.6) is 0 Å². The molecule has 0 aromatic carbocycles. The minimum absolute atomic E-state index is 0.512. The zero-order valence-electron chi connectivity index (χ0n) is 21.3. The molecule has 172 valence electrons. The van der Waals surface area contributed by atoms with Gasteiger partial charge in [0.15, 0.2) is 0 Å². The van der Waals surface area contributed by atoms with Crippen molar-refractivity contribution < 1.29 is 0 Å². The highest BCUT2D eigenvalue weighted by Gasteiger charge is 2.59. The van der Waals surface area contributed by atoms with E-state index in [1.165, 1.54) is 70.6 Å². The van der Waals surface area contributed by atoms with E-state index < -0.39 is 0 Å². The van der Waals surface area contributed by atoms with Gasteiger partial charge in [-0.2, -0.15) is 0 Å². The Balaban J connectivity index is 1.48. The van der Waals surface area contributed by atoms with E-state index in [1.807, 2.05) is 5.57 Å². The number of nitrogens with zero attached hydrogens (tertiary/aromatic N) is 1. The highest BCUT2D eigenvalue weighted by atomic mass is 15.1. The normalized spacial score (nSPS) is 44.4. The highest BCUT2D eigenvalue weighted by molar-refractivity contribution is 5.26. The first-order valence-electron chi connectivity index (χ1n) is 13.5. The molecule has 30 heavy (non-hydrogen) atoms. The average Bonchev–Trinajstić information content (AvgIpc) is 3.04. The van der Waals surface area contributed by atoms with E-state index in [-0.39, 0.29) is 0 Å². The van der Waals surface area contributed by atoms with E-state index in [4.69, 9.17) is 0 Å². The van der Waals surface area contributed by atoms with E-state index >= 15 is 0 Å². The Morgan fingerprint density at radius 3 is 2.43 bits per heavy atom. The third kappa shape index (κ3) is 3.84. The summed E-state index contributed by atoms with van der Waals surface area (Å²) in [5, 5.41) is 0. The molecule has 0 saturated heterocycles. The van der Waals surface area contributed by atoms with Crippen LogP contribution in [-0.4, -0.2) is 25.0 Å². The molecule has 1 heteroatoms. The first-order chi connectivity index (χ1) is 14.2. The van der Waals surface area contributed by atoms with Gasteiger partial charge in [0.2, 0.25) is 0 Å². The van der Waals surface area contributed by atoms with E-state index in [9.17, 15) is 0 Å². The maximum absolute atomic E-state index is 2.75. The SMILES string of the molecule is CC(C)CCC[C@H](C)[C@H]1CC[C@H]2[C@@H]3CC=C4C[C@@H](N(C)C)CC[C@]4(C)[C@H]3CC[C@]12C. The van der Waals surface area contributed by atoms with E-state index in [0.717, 1.165) is 41.5 Å². The maximum atomic E-state index is 2.75. The number of rotatable bonds is 6. The molecule has 4 aliphatic rings. The molecule has 3 fully saturated rings. The topological polar surface area (TPSA) is 3.24 Å². The molecule has 0 radical (unpaired) electrons. The molecule has 0 unspecified atom stereocenters. The smallest absolute Gasteiger partial charge is 0.0127 e. The Hall–Kier alpha value is -0.300. The van der Waals surface area contributed by atoms with Gasteiger partial charge in [-0.1, -0.05) is 65.5 Å². The summed E-state index contributed by atoms with van der Waals surface area (Å²) >= 11 is 0. The molecule has 0 spiro atoms. The largest absolute Gasteiger partial charge is 0.306 e. The Labute approximate surface area is 188 Å². The van der Waals surface area contributed by atoms with Crippen LogP contribution >= 0.6 is 0 Å². The second-order valence-corrected chi connectivity index (χ2v) is 13.1. The summed E-state index contributed by atoms with van der Waals surface area (Å²) in [6, 6.07) is 0.775. The lowest BCUT2D eigenvalue weighted by molar-refractivity contribution is -0.0535. The van der Waals surface area contributed by atoms with Crippen molar-refractivity contribution >= 4 is 0 Å². The van der Waals surface area contributed by atoms with Gasteiger partial charge in [0.05, 0.1) is 0 Å². The second kappa shape index (κ2) is 8.57. The minimum atomic E-state index is 0.512. The number of allylic oxidation sites excluding steroid dienone is 1. The predicted molar refractivity (Wildman–Crippen MR) is 131 cm³/mol. The first-order valence-corrected chi connectivity index (χ1v) is 13.5. The summed E-state index contributed by atoms with van der Waals surface area (Å²) in [4.78, 5) is 2.48. The van der Waals surface area contributed by atoms with Crippen LogP contribution in [0.15, 0.2) is 11.6 Å².